The van der Waals surface area contributed by atoms with Crippen LogP contribution in [0.5, 0.6) is 5.75 Å². The summed E-state index contributed by atoms with van der Waals surface area (Å²) < 4.78 is 5.18. The molecule has 1 aromatic carbocycles. The molecular formula is C15H21NO3. The number of likely N-dealkylation sites (tertiary alicyclic amines) is 1. The zero-order valence-electron chi connectivity index (χ0n) is 11.7. The summed E-state index contributed by atoms with van der Waals surface area (Å²) in [6.45, 7) is 4.37. The second-order valence-corrected chi connectivity index (χ2v) is 5.13. The van der Waals surface area contributed by atoms with Crippen LogP contribution in [0, 0.1) is 6.92 Å². The highest BCUT2D eigenvalue weighted by molar-refractivity contribution is 5.96. The van der Waals surface area contributed by atoms with Crippen LogP contribution in [0.1, 0.15) is 35.7 Å². The number of amides is 1. The third-order valence-corrected chi connectivity index (χ3v) is 3.79. The molecule has 0 bridgehead atoms. The lowest BCUT2D eigenvalue weighted by atomic mass is 10.1. The molecule has 2 atom stereocenters. The first-order valence-electron chi connectivity index (χ1n) is 6.68. The Morgan fingerprint density at radius 2 is 2.26 bits per heavy atom. The summed E-state index contributed by atoms with van der Waals surface area (Å²) in [4.78, 5) is 14.4. The summed E-state index contributed by atoms with van der Waals surface area (Å²) in [5.41, 5.74) is 1.59. The molecule has 4 nitrogen and oxygen atoms in total. The molecular weight excluding hydrogens is 242 g/mol. The molecule has 4 heteroatoms. The predicted molar refractivity (Wildman–Crippen MR) is 73.5 cm³/mol. The lowest BCUT2D eigenvalue weighted by Crippen LogP contribution is -2.41. The number of methoxy groups -OCH3 is 1. The summed E-state index contributed by atoms with van der Waals surface area (Å²) >= 11 is 0. The summed E-state index contributed by atoms with van der Waals surface area (Å²) in [5.74, 6) is 0.668. The number of benzene rings is 1. The first kappa shape index (κ1) is 13.9. The van der Waals surface area contributed by atoms with Gasteiger partial charge in [-0.2, -0.15) is 0 Å². The minimum atomic E-state index is -0.489. The first-order chi connectivity index (χ1) is 9.04. The molecule has 1 fully saturated rings. The van der Waals surface area contributed by atoms with E-state index in [-0.39, 0.29) is 11.9 Å². The average molecular weight is 263 g/mol. The van der Waals surface area contributed by atoms with Crippen LogP contribution in [-0.2, 0) is 0 Å². The van der Waals surface area contributed by atoms with Crippen molar-refractivity contribution in [1.82, 2.24) is 4.90 Å². The third kappa shape index (κ3) is 2.73. The zero-order valence-corrected chi connectivity index (χ0v) is 11.7. The third-order valence-electron chi connectivity index (χ3n) is 3.79. The number of carbonyl (C=O) groups is 1. The van der Waals surface area contributed by atoms with Crippen LogP contribution in [0.15, 0.2) is 18.2 Å². The molecule has 2 unspecified atom stereocenters. The number of hydrogen-bond acceptors (Lipinski definition) is 3. The summed E-state index contributed by atoms with van der Waals surface area (Å²) in [6.07, 6.45) is 1.33. The minimum Gasteiger partial charge on any atom is -0.497 e. The van der Waals surface area contributed by atoms with Gasteiger partial charge in [-0.3, -0.25) is 4.79 Å². The Morgan fingerprint density at radius 3 is 2.89 bits per heavy atom. The van der Waals surface area contributed by atoms with E-state index in [1.54, 1.807) is 25.0 Å². The van der Waals surface area contributed by atoms with Gasteiger partial charge >= 0.3 is 0 Å². The lowest BCUT2D eigenvalue weighted by Gasteiger charge is -2.27. The molecule has 0 saturated carbocycles. The van der Waals surface area contributed by atoms with Gasteiger partial charge in [-0.05, 0) is 44.4 Å². The van der Waals surface area contributed by atoms with Crippen molar-refractivity contribution >= 4 is 5.91 Å². The monoisotopic (exact) mass is 263 g/mol. The van der Waals surface area contributed by atoms with E-state index in [0.717, 1.165) is 18.4 Å². The Hall–Kier alpha value is -1.55. The van der Waals surface area contributed by atoms with Crippen LogP contribution in [-0.4, -0.2) is 41.7 Å². The molecule has 104 valence electrons. The van der Waals surface area contributed by atoms with Gasteiger partial charge in [0, 0.05) is 12.1 Å². The second kappa shape index (κ2) is 5.61. The highest BCUT2D eigenvalue weighted by atomic mass is 16.5. The molecule has 2 rings (SSSR count). The van der Waals surface area contributed by atoms with Crippen molar-refractivity contribution in [1.29, 1.82) is 0 Å². The standard InChI is InChI=1S/C15H21NO3/c1-10-6-7-12(19-3)9-13(10)15(18)16-8-4-5-14(16)11(2)17/h6-7,9,11,14,17H,4-5,8H2,1-3H3. The normalized spacial score (nSPS) is 20.4. The smallest absolute Gasteiger partial charge is 0.254 e. The van der Waals surface area contributed by atoms with Gasteiger partial charge in [0.05, 0.1) is 19.3 Å². The van der Waals surface area contributed by atoms with Gasteiger partial charge in [0.25, 0.3) is 5.91 Å². The van der Waals surface area contributed by atoms with Crippen molar-refractivity contribution in [2.75, 3.05) is 13.7 Å². The predicted octanol–water partition coefficient (Wildman–Crippen LogP) is 1.99. The Labute approximate surface area is 114 Å². The van der Waals surface area contributed by atoms with Crippen molar-refractivity contribution in [3.05, 3.63) is 29.3 Å². The van der Waals surface area contributed by atoms with Gasteiger partial charge < -0.3 is 14.7 Å². The maximum absolute atomic E-state index is 12.6. The number of hydrogen-bond donors (Lipinski definition) is 1. The number of aryl methyl sites for hydroxylation is 1. The van der Waals surface area contributed by atoms with Crippen LogP contribution < -0.4 is 4.74 Å². The van der Waals surface area contributed by atoms with E-state index in [4.69, 9.17) is 4.74 Å². The molecule has 0 spiro atoms. The number of carbonyl (C=O) groups excluding carboxylic acids is 1. The van der Waals surface area contributed by atoms with E-state index in [1.165, 1.54) is 0 Å². The Bertz CT molecular complexity index is 470. The largest absolute Gasteiger partial charge is 0.497 e. The molecule has 1 aromatic rings. The molecule has 0 radical (unpaired) electrons. The summed E-state index contributed by atoms with van der Waals surface area (Å²) in [6, 6.07) is 5.44. The van der Waals surface area contributed by atoms with Crippen molar-refractivity contribution in [2.45, 2.75) is 38.8 Å². The van der Waals surface area contributed by atoms with Gasteiger partial charge in [0.2, 0.25) is 0 Å². The van der Waals surface area contributed by atoms with Gasteiger partial charge in [-0.1, -0.05) is 6.07 Å². The minimum absolute atomic E-state index is 0.0141. The Balaban J connectivity index is 2.28. The lowest BCUT2D eigenvalue weighted by molar-refractivity contribution is 0.0537. The maximum Gasteiger partial charge on any atom is 0.254 e. The highest BCUT2D eigenvalue weighted by Crippen LogP contribution is 2.25. The summed E-state index contributed by atoms with van der Waals surface area (Å²) in [5, 5.41) is 9.77. The van der Waals surface area contributed by atoms with E-state index < -0.39 is 6.10 Å². The fraction of sp³-hybridized carbons (Fsp3) is 0.533. The number of nitrogens with zero attached hydrogens (tertiary/aromatic N) is 1. The number of aliphatic hydroxyl groups is 1. The van der Waals surface area contributed by atoms with Crippen molar-refractivity contribution < 1.29 is 14.6 Å². The van der Waals surface area contributed by atoms with Crippen molar-refractivity contribution in [3.63, 3.8) is 0 Å². The second-order valence-electron chi connectivity index (χ2n) is 5.13. The topological polar surface area (TPSA) is 49.8 Å². The molecule has 0 aliphatic carbocycles. The number of rotatable bonds is 3. The van der Waals surface area contributed by atoms with Crippen LogP contribution >= 0.6 is 0 Å². The molecule has 1 amide bonds. The number of aliphatic hydroxyl groups excluding tert-OH is 1. The molecule has 1 saturated heterocycles. The fourth-order valence-corrected chi connectivity index (χ4v) is 2.66. The zero-order chi connectivity index (χ0) is 14.0. The molecule has 1 N–H and O–H groups in total. The van der Waals surface area contributed by atoms with E-state index in [9.17, 15) is 9.90 Å². The van der Waals surface area contributed by atoms with Gasteiger partial charge in [-0.25, -0.2) is 0 Å². The van der Waals surface area contributed by atoms with Gasteiger partial charge in [-0.15, -0.1) is 0 Å². The SMILES string of the molecule is COc1ccc(C)c(C(=O)N2CCCC2C(C)O)c1. The van der Waals surface area contributed by atoms with E-state index >= 15 is 0 Å². The highest BCUT2D eigenvalue weighted by Gasteiger charge is 2.32. The molecule has 0 aromatic heterocycles. The first-order valence-corrected chi connectivity index (χ1v) is 6.68. The number of ether oxygens (including phenoxy) is 1. The van der Waals surface area contributed by atoms with Crippen LogP contribution in [0.2, 0.25) is 0 Å². The van der Waals surface area contributed by atoms with Gasteiger partial charge in [0.15, 0.2) is 0 Å². The molecule has 1 heterocycles. The Kier molecular flexibility index (Phi) is 4.10. The molecule has 1 aliphatic rings. The van der Waals surface area contributed by atoms with Crippen LogP contribution in [0.25, 0.3) is 0 Å². The van der Waals surface area contributed by atoms with E-state index in [0.29, 0.717) is 17.9 Å². The quantitative estimate of drug-likeness (QED) is 0.907. The van der Waals surface area contributed by atoms with E-state index in [1.807, 2.05) is 19.1 Å². The maximum atomic E-state index is 12.6. The van der Waals surface area contributed by atoms with Crippen molar-refractivity contribution in [3.8, 4) is 5.75 Å². The van der Waals surface area contributed by atoms with Gasteiger partial charge in [0.1, 0.15) is 5.75 Å². The average Bonchev–Trinajstić information content (AvgIpc) is 2.88. The summed E-state index contributed by atoms with van der Waals surface area (Å²) in [7, 11) is 1.59. The van der Waals surface area contributed by atoms with Crippen molar-refractivity contribution in [2.24, 2.45) is 0 Å². The fourth-order valence-electron chi connectivity index (χ4n) is 2.66. The molecule has 19 heavy (non-hydrogen) atoms. The van der Waals surface area contributed by atoms with E-state index in [2.05, 4.69) is 0 Å². The van der Waals surface area contributed by atoms with Crippen LogP contribution in [0.4, 0.5) is 0 Å². The molecule has 1 aliphatic heterocycles. The van der Waals surface area contributed by atoms with Crippen LogP contribution in [0.3, 0.4) is 0 Å². The Morgan fingerprint density at radius 1 is 1.53 bits per heavy atom.